The van der Waals surface area contributed by atoms with E-state index in [1.165, 1.54) is 31.2 Å². The minimum atomic E-state index is -4.10. The molecule has 2 aromatic rings. The number of nitro groups is 1. The highest BCUT2D eigenvalue weighted by molar-refractivity contribution is 7.52. The first-order chi connectivity index (χ1) is 14.7. The quantitative estimate of drug-likeness (QED) is 0.266. The molecule has 1 unspecified atom stereocenters. The highest BCUT2D eigenvalue weighted by Crippen LogP contribution is 2.45. The number of likely N-dealkylation sites (N-methyl/N-ethyl adjacent to an activating group) is 1. The van der Waals surface area contributed by atoms with Crippen LogP contribution in [0.2, 0.25) is 0 Å². The highest BCUT2D eigenvalue weighted by atomic mass is 31.2. The molecule has 1 saturated heterocycles. The van der Waals surface area contributed by atoms with Crippen LogP contribution in [0.1, 0.15) is 13.3 Å². The summed E-state index contributed by atoms with van der Waals surface area (Å²) in [5.41, 5.74) is -0.141. The first-order valence-corrected chi connectivity index (χ1v) is 11.2. The average molecular weight is 449 g/mol. The lowest BCUT2D eigenvalue weighted by molar-refractivity contribution is -0.384. The fraction of sp³-hybridized carbons (Fsp3) is 0.350. The lowest BCUT2D eigenvalue weighted by Gasteiger charge is -2.24. The maximum absolute atomic E-state index is 13.5. The Morgan fingerprint density at radius 3 is 2.32 bits per heavy atom. The van der Waals surface area contributed by atoms with Gasteiger partial charge >= 0.3 is 13.7 Å². The number of likely N-dealkylation sites (tertiary alicyclic amines) is 1. The number of nitro benzene ring substituents is 1. The average Bonchev–Trinajstić information content (AvgIpc) is 3.13. The Morgan fingerprint density at radius 2 is 1.77 bits per heavy atom. The molecule has 0 aliphatic carbocycles. The lowest BCUT2D eigenvalue weighted by atomic mass is 10.3. The van der Waals surface area contributed by atoms with Crippen LogP contribution in [0, 0.1) is 10.1 Å². The first kappa shape index (κ1) is 22.7. The molecule has 31 heavy (non-hydrogen) atoms. The SMILES string of the molecule is C[C@H](NP(=O)(Oc1ccccc1)Oc1ccc([N+](=O)[O-])cc1)C(=O)O[C@@H]1CCN(C)C1. The molecule has 0 aromatic heterocycles. The number of benzene rings is 2. The van der Waals surface area contributed by atoms with E-state index in [0.29, 0.717) is 6.54 Å². The van der Waals surface area contributed by atoms with Gasteiger partial charge in [0.1, 0.15) is 23.6 Å². The second-order valence-corrected chi connectivity index (χ2v) is 8.82. The molecule has 1 aliphatic heterocycles. The molecular weight excluding hydrogens is 425 g/mol. The Bertz CT molecular complexity index is 955. The monoisotopic (exact) mass is 449 g/mol. The minimum absolute atomic E-state index is 0.0790. The van der Waals surface area contributed by atoms with E-state index in [-0.39, 0.29) is 23.3 Å². The molecule has 0 saturated carbocycles. The number of hydrogen-bond acceptors (Lipinski definition) is 8. The maximum Gasteiger partial charge on any atom is 0.513 e. The van der Waals surface area contributed by atoms with Gasteiger partial charge in [-0.1, -0.05) is 18.2 Å². The van der Waals surface area contributed by atoms with Crippen LogP contribution in [-0.2, 0) is 14.1 Å². The van der Waals surface area contributed by atoms with E-state index < -0.39 is 24.7 Å². The number of nitrogens with zero attached hydrogens (tertiary/aromatic N) is 2. The molecule has 0 bridgehead atoms. The molecule has 0 amide bonds. The van der Waals surface area contributed by atoms with Crippen LogP contribution in [0.5, 0.6) is 11.5 Å². The molecule has 1 aliphatic rings. The summed E-state index contributed by atoms with van der Waals surface area (Å²) in [6, 6.07) is 12.4. The summed E-state index contributed by atoms with van der Waals surface area (Å²) in [5, 5.41) is 13.4. The van der Waals surface area contributed by atoms with Crippen LogP contribution in [0.25, 0.3) is 0 Å². The molecule has 0 spiro atoms. The zero-order valence-corrected chi connectivity index (χ0v) is 18.1. The van der Waals surface area contributed by atoms with E-state index in [9.17, 15) is 19.5 Å². The van der Waals surface area contributed by atoms with Crippen molar-refractivity contribution in [2.24, 2.45) is 0 Å². The standard InChI is InChI=1S/C20H24N3O7P/c1-15(20(24)28-19-12-13-22(2)14-19)21-31(27,29-17-6-4-3-5-7-17)30-18-10-8-16(9-11-18)23(25)26/h3-11,15,19H,12-14H2,1-2H3,(H,21,27)/t15-,19+,31?/m0/s1. The van der Waals surface area contributed by atoms with Gasteiger partial charge in [0.15, 0.2) is 0 Å². The van der Waals surface area contributed by atoms with Gasteiger partial charge in [0.25, 0.3) is 5.69 Å². The number of carbonyl (C=O) groups is 1. The molecular formula is C20H24N3O7P. The lowest BCUT2D eigenvalue weighted by Crippen LogP contribution is -2.38. The Morgan fingerprint density at radius 1 is 1.16 bits per heavy atom. The summed E-state index contributed by atoms with van der Waals surface area (Å²) >= 11 is 0. The van der Waals surface area contributed by atoms with Crippen molar-refractivity contribution in [2.45, 2.75) is 25.5 Å². The van der Waals surface area contributed by atoms with E-state index >= 15 is 0 Å². The molecule has 1 heterocycles. The molecule has 3 atom stereocenters. The van der Waals surface area contributed by atoms with Crippen LogP contribution in [-0.4, -0.2) is 48.1 Å². The van der Waals surface area contributed by atoms with Crippen LogP contribution in [0.3, 0.4) is 0 Å². The Labute approximate surface area is 179 Å². The second kappa shape index (κ2) is 9.91. The van der Waals surface area contributed by atoms with Gasteiger partial charge in [-0.05, 0) is 44.7 Å². The zero-order valence-electron chi connectivity index (χ0n) is 17.2. The predicted octanol–water partition coefficient (Wildman–Crippen LogP) is 3.39. The Hall–Kier alpha value is -2.94. The van der Waals surface area contributed by atoms with Gasteiger partial charge in [-0.25, -0.2) is 4.57 Å². The fourth-order valence-corrected chi connectivity index (χ4v) is 4.53. The van der Waals surface area contributed by atoms with Crippen molar-refractivity contribution in [2.75, 3.05) is 20.1 Å². The molecule has 166 valence electrons. The Balaban J connectivity index is 1.74. The fourth-order valence-electron chi connectivity index (χ4n) is 3.01. The number of hydrogen-bond donors (Lipinski definition) is 1. The molecule has 0 radical (unpaired) electrons. The molecule has 2 aromatic carbocycles. The second-order valence-electron chi connectivity index (χ2n) is 7.20. The van der Waals surface area contributed by atoms with Crippen LogP contribution in [0.15, 0.2) is 54.6 Å². The van der Waals surface area contributed by atoms with Crippen LogP contribution < -0.4 is 14.1 Å². The number of para-hydroxylation sites is 1. The number of esters is 1. The third-order valence-electron chi connectivity index (χ3n) is 4.58. The summed E-state index contributed by atoms with van der Waals surface area (Å²) in [7, 11) is -2.16. The van der Waals surface area contributed by atoms with Gasteiger partial charge < -0.3 is 18.7 Å². The van der Waals surface area contributed by atoms with Crippen LogP contribution in [0.4, 0.5) is 5.69 Å². The zero-order chi connectivity index (χ0) is 22.4. The first-order valence-electron chi connectivity index (χ1n) is 9.70. The van der Waals surface area contributed by atoms with Gasteiger partial charge in [-0.2, -0.15) is 5.09 Å². The van der Waals surface area contributed by atoms with Crippen molar-refractivity contribution in [3.8, 4) is 11.5 Å². The topological polar surface area (TPSA) is 120 Å². The van der Waals surface area contributed by atoms with Gasteiger partial charge in [-0.15, -0.1) is 0 Å². The summed E-state index contributed by atoms with van der Waals surface area (Å²) in [6.45, 7) is 2.97. The molecule has 10 nitrogen and oxygen atoms in total. The summed E-state index contributed by atoms with van der Waals surface area (Å²) < 4.78 is 30.0. The van der Waals surface area contributed by atoms with Crippen molar-refractivity contribution in [1.29, 1.82) is 0 Å². The molecule has 11 heteroatoms. The number of nitrogens with one attached hydrogen (secondary N) is 1. The summed E-state index contributed by atoms with van der Waals surface area (Å²) in [4.78, 5) is 24.8. The van der Waals surface area contributed by atoms with Crippen LogP contribution >= 0.6 is 7.75 Å². The number of carbonyl (C=O) groups excluding carboxylic acids is 1. The number of ether oxygens (including phenoxy) is 1. The maximum atomic E-state index is 13.5. The largest absolute Gasteiger partial charge is 0.513 e. The van der Waals surface area contributed by atoms with Crippen molar-refractivity contribution in [3.05, 3.63) is 64.7 Å². The predicted molar refractivity (Wildman–Crippen MR) is 113 cm³/mol. The van der Waals surface area contributed by atoms with E-state index in [1.807, 2.05) is 7.05 Å². The van der Waals surface area contributed by atoms with Gasteiger partial charge in [0.2, 0.25) is 0 Å². The number of rotatable bonds is 9. The normalized spacial score (nSPS) is 19.2. The smallest absolute Gasteiger partial charge is 0.460 e. The summed E-state index contributed by atoms with van der Waals surface area (Å²) in [5.74, 6) is -0.238. The van der Waals surface area contributed by atoms with E-state index in [4.69, 9.17) is 13.8 Å². The van der Waals surface area contributed by atoms with Crippen molar-refractivity contribution in [3.63, 3.8) is 0 Å². The van der Waals surface area contributed by atoms with E-state index in [0.717, 1.165) is 13.0 Å². The van der Waals surface area contributed by atoms with E-state index in [2.05, 4.69) is 9.99 Å². The summed E-state index contributed by atoms with van der Waals surface area (Å²) in [6.07, 6.45) is 0.499. The van der Waals surface area contributed by atoms with Crippen molar-refractivity contribution in [1.82, 2.24) is 9.99 Å². The van der Waals surface area contributed by atoms with Crippen molar-refractivity contribution >= 4 is 19.4 Å². The third kappa shape index (κ3) is 6.52. The minimum Gasteiger partial charge on any atom is -0.460 e. The highest BCUT2D eigenvalue weighted by Gasteiger charge is 2.35. The van der Waals surface area contributed by atoms with Gasteiger partial charge in [0, 0.05) is 25.2 Å². The van der Waals surface area contributed by atoms with E-state index in [1.54, 1.807) is 30.3 Å². The molecule has 1 N–H and O–H groups in total. The molecule has 1 fully saturated rings. The molecule has 3 rings (SSSR count). The van der Waals surface area contributed by atoms with Gasteiger partial charge in [-0.3, -0.25) is 14.9 Å². The number of non-ortho nitro benzene ring substituents is 1. The Kier molecular flexibility index (Phi) is 7.27. The third-order valence-corrected chi connectivity index (χ3v) is 6.18. The van der Waals surface area contributed by atoms with Gasteiger partial charge in [0.05, 0.1) is 4.92 Å². The van der Waals surface area contributed by atoms with Crippen molar-refractivity contribution < 1.29 is 28.1 Å².